The Bertz CT molecular complexity index is 942. The number of esters is 1. The minimum absolute atomic E-state index is 0.0251. The molecule has 1 aliphatic carbocycles. The first-order chi connectivity index (χ1) is 13.7. The molecular weight excluding hydrogens is 392 g/mol. The van der Waals surface area contributed by atoms with Crippen molar-refractivity contribution >= 4 is 39.9 Å². The van der Waals surface area contributed by atoms with Crippen LogP contribution in [0.2, 0.25) is 0 Å². The third-order valence-corrected chi connectivity index (χ3v) is 5.96. The second-order valence-electron chi connectivity index (χ2n) is 7.54. The molecule has 2 amide bonds. The number of rotatable bonds is 7. The summed E-state index contributed by atoms with van der Waals surface area (Å²) in [5, 5.41) is 10.2. The number of carbonyl (C=O) groups excluding carboxylic acids is 3. The van der Waals surface area contributed by atoms with E-state index < -0.39 is 18.0 Å². The van der Waals surface area contributed by atoms with E-state index in [-0.39, 0.29) is 17.9 Å². The Morgan fingerprint density at radius 2 is 1.90 bits per heavy atom. The highest BCUT2D eigenvalue weighted by Crippen LogP contribution is 2.36. The highest BCUT2D eigenvalue weighted by atomic mass is 32.1. The number of hydrogen-bond donors (Lipinski definition) is 2. The molecule has 2 aromatic rings. The van der Waals surface area contributed by atoms with Gasteiger partial charge in [0.05, 0.1) is 11.8 Å². The lowest BCUT2D eigenvalue weighted by Gasteiger charge is -2.16. The lowest BCUT2D eigenvalue weighted by molar-refractivity contribution is -0.123. The Morgan fingerprint density at radius 3 is 2.52 bits per heavy atom. The summed E-state index contributed by atoms with van der Waals surface area (Å²) in [6, 6.07) is 1.76. The molecule has 8 nitrogen and oxygen atoms in total. The number of nitrogens with zero attached hydrogens (tertiary/aromatic N) is 2. The number of aromatic nitrogens is 2. The fraction of sp³-hybridized carbons (Fsp3) is 0.500. The quantitative estimate of drug-likeness (QED) is 0.668. The van der Waals surface area contributed by atoms with Crippen molar-refractivity contribution in [3.8, 4) is 0 Å². The zero-order valence-electron chi connectivity index (χ0n) is 17.2. The highest BCUT2D eigenvalue weighted by molar-refractivity contribution is 7.16. The molecule has 29 heavy (non-hydrogen) atoms. The Labute approximate surface area is 173 Å². The zero-order chi connectivity index (χ0) is 21.3. The van der Waals surface area contributed by atoms with Gasteiger partial charge in [0.2, 0.25) is 5.91 Å². The van der Waals surface area contributed by atoms with Gasteiger partial charge in [0, 0.05) is 22.9 Å². The number of ether oxygens (including phenoxy) is 1. The average molecular weight is 419 g/mol. The second kappa shape index (κ2) is 8.36. The molecular formula is C20H26N4O4S. The van der Waals surface area contributed by atoms with Gasteiger partial charge in [0.15, 0.2) is 6.10 Å². The summed E-state index contributed by atoms with van der Waals surface area (Å²) in [5.74, 6) is -0.593. The van der Waals surface area contributed by atoms with Gasteiger partial charge in [-0.2, -0.15) is 5.10 Å². The Balaban J connectivity index is 1.69. The van der Waals surface area contributed by atoms with Gasteiger partial charge in [-0.05, 0) is 53.0 Å². The van der Waals surface area contributed by atoms with Gasteiger partial charge in [-0.3, -0.25) is 9.59 Å². The number of hydrogen-bond acceptors (Lipinski definition) is 6. The van der Waals surface area contributed by atoms with Crippen LogP contribution in [0.15, 0.2) is 12.3 Å². The Hall–Kier alpha value is -2.68. The molecule has 0 saturated heterocycles. The van der Waals surface area contributed by atoms with E-state index >= 15 is 0 Å². The standard InChI is InChI=1S/C20H26N4O4S/c1-10(2)24-15(8-9-21-24)22-17(25)12(4)28-20(27)16-11(3)13(5)29-19(16)23-18(26)14-6-7-14/h8-10,12,14H,6-7H2,1-5H3,(H,22,25)(H,23,26)/t12-/m1/s1. The molecule has 9 heteroatoms. The molecule has 2 N–H and O–H groups in total. The van der Waals surface area contributed by atoms with Crippen molar-refractivity contribution in [2.75, 3.05) is 10.6 Å². The van der Waals surface area contributed by atoms with Crippen molar-refractivity contribution in [3.63, 3.8) is 0 Å². The van der Waals surface area contributed by atoms with E-state index in [2.05, 4.69) is 15.7 Å². The normalized spacial score (nSPS) is 14.6. The van der Waals surface area contributed by atoms with Crippen molar-refractivity contribution in [1.82, 2.24) is 9.78 Å². The maximum atomic E-state index is 12.8. The first-order valence-electron chi connectivity index (χ1n) is 9.65. The number of aryl methyl sites for hydroxylation is 1. The number of anilines is 2. The third-order valence-electron chi connectivity index (χ3n) is 4.84. The van der Waals surface area contributed by atoms with Crippen LogP contribution in [-0.2, 0) is 14.3 Å². The van der Waals surface area contributed by atoms with Gasteiger partial charge in [0.1, 0.15) is 10.8 Å². The summed E-state index contributed by atoms with van der Waals surface area (Å²) in [4.78, 5) is 38.4. The van der Waals surface area contributed by atoms with Crippen LogP contribution in [0, 0.1) is 19.8 Å². The molecule has 0 aliphatic heterocycles. The molecule has 0 spiro atoms. The Morgan fingerprint density at radius 1 is 1.21 bits per heavy atom. The molecule has 0 radical (unpaired) electrons. The lowest BCUT2D eigenvalue weighted by atomic mass is 10.1. The third kappa shape index (κ3) is 4.67. The van der Waals surface area contributed by atoms with Gasteiger partial charge in [-0.15, -0.1) is 11.3 Å². The monoisotopic (exact) mass is 418 g/mol. The first kappa shape index (κ1) is 21.0. The number of carbonyl (C=O) groups is 3. The van der Waals surface area contributed by atoms with Crippen LogP contribution in [0.25, 0.3) is 0 Å². The van der Waals surface area contributed by atoms with Crippen molar-refractivity contribution in [2.45, 2.75) is 59.6 Å². The van der Waals surface area contributed by atoms with E-state index in [4.69, 9.17) is 4.74 Å². The van der Waals surface area contributed by atoms with Crippen molar-refractivity contribution in [2.24, 2.45) is 5.92 Å². The number of nitrogens with one attached hydrogen (secondary N) is 2. The van der Waals surface area contributed by atoms with Crippen molar-refractivity contribution < 1.29 is 19.1 Å². The topological polar surface area (TPSA) is 102 Å². The fourth-order valence-electron chi connectivity index (χ4n) is 2.85. The SMILES string of the molecule is Cc1sc(NC(=O)C2CC2)c(C(=O)O[C@H](C)C(=O)Nc2ccnn2C(C)C)c1C. The average Bonchev–Trinajstić information content (AvgIpc) is 3.33. The van der Waals surface area contributed by atoms with Crippen LogP contribution < -0.4 is 10.6 Å². The molecule has 156 valence electrons. The van der Waals surface area contributed by atoms with Crippen LogP contribution in [0.4, 0.5) is 10.8 Å². The summed E-state index contributed by atoms with van der Waals surface area (Å²) in [6.45, 7) is 9.10. The maximum absolute atomic E-state index is 12.8. The van der Waals surface area contributed by atoms with Crippen LogP contribution in [0.3, 0.4) is 0 Å². The molecule has 2 aromatic heterocycles. The van der Waals surface area contributed by atoms with E-state index in [1.807, 2.05) is 20.8 Å². The van der Waals surface area contributed by atoms with Gasteiger partial charge in [-0.25, -0.2) is 9.48 Å². The summed E-state index contributed by atoms with van der Waals surface area (Å²) >= 11 is 1.34. The predicted octanol–water partition coefficient (Wildman–Crippen LogP) is 3.67. The zero-order valence-corrected chi connectivity index (χ0v) is 18.1. The van der Waals surface area contributed by atoms with Gasteiger partial charge >= 0.3 is 5.97 Å². The molecule has 2 heterocycles. The van der Waals surface area contributed by atoms with Crippen LogP contribution in [-0.4, -0.2) is 33.7 Å². The minimum atomic E-state index is -1.01. The minimum Gasteiger partial charge on any atom is -0.449 e. The lowest BCUT2D eigenvalue weighted by Crippen LogP contribution is -2.31. The molecule has 1 atom stereocenters. The van der Waals surface area contributed by atoms with Gasteiger partial charge in [-0.1, -0.05) is 0 Å². The molecule has 1 aliphatic rings. The number of amides is 2. The molecule has 3 rings (SSSR count). The predicted molar refractivity (Wildman–Crippen MR) is 111 cm³/mol. The van der Waals surface area contributed by atoms with E-state index in [9.17, 15) is 14.4 Å². The van der Waals surface area contributed by atoms with Crippen molar-refractivity contribution in [3.05, 3.63) is 28.3 Å². The second-order valence-corrected chi connectivity index (χ2v) is 8.77. The van der Waals surface area contributed by atoms with E-state index in [0.717, 1.165) is 23.3 Å². The van der Waals surface area contributed by atoms with E-state index in [0.29, 0.717) is 16.4 Å². The summed E-state index contributed by atoms with van der Waals surface area (Å²) < 4.78 is 7.09. The van der Waals surface area contributed by atoms with Gasteiger partial charge in [0.25, 0.3) is 5.91 Å². The highest BCUT2D eigenvalue weighted by Gasteiger charge is 2.32. The van der Waals surface area contributed by atoms with Crippen LogP contribution in [0.5, 0.6) is 0 Å². The molecule has 0 aromatic carbocycles. The van der Waals surface area contributed by atoms with E-state index in [1.165, 1.54) is 18.3 Å². The maximum Gasteiger partial charge on any atom is 0.342 e. The first-order valence-corrected chi connectivity index (χ1v) is 10.5. The molecule has 0 unspecified atom stereocenters. The smallest absolute Gasteiger partial charge is 0.342 e. The summed E-state index contributed by atoms with van der Waals surface area (Å²) in [7, 11) is 0. The van der Waals surface area contributed by atoms with Crippen LogP contribution in [0.1, 0.15) is 60.5 Å². The summed E-state index contributed by atoms with van der Waals surface area (Å²) in [6.07, 6.45) is 2.33. The number of thiophene rings is 1. The largest absolute Gasteiger partial charge is 0.449 e. The van der Waals surface area contributed by atoms with Gasteiger partial charge < -0.3 is 15.4 Å². The molecule has 1 saturated carbocycles. The van der Waals surface area contributed by atoms with E-state index in [1.54, 1.807) is 23.9 Å². The molecule has 0 bridgehead atoms. The molecule has 1 fully saturated rings. The summed E-state index contributed by atoms with van der Waals surface area (Å²) in [5.41, 5.74) is 1.06. The van der Waals surface area contributed by atoms with Crippen LogP contribution >= 0.6 is 11.3 Å². The fourth-order valence-corrected chi connectivity index (χ4v) is 3.90. The Kier molecular flexibility index (Phi) is 6.07. The van der Waals surface area contributed by atoms with Crippen molar-refractivity contribution in [1.29, 1.82) is 0 Å².